The topological polar surface area (TPSA) is 38.0 Å². The second-order valence-electron chi connectivity index (χ2n) is 4.74. The number of nitrogens with one attached hydrogen (secondary N) is 1. The first-order valence-electron chi connectivity index (χ1n) is 6.65. The van der Waals surface area contributed by atoms with E-state index in [1.54, 1.807) is 7.11 Å². The number of ether oxygens (including phenoxy) is 1. The average molecular weight is 296 g/mol. The number of aromatic nitrogens is 1. The van der Waals surface area contributed by atoms with Gasteiger partial charge in [0.05, 0.1) is 17.7 Å². The summed E-state index contributed by atoms with van der Waals surface area (Å²) in [4.78, 5) is 1.66. The van der Waals surface area contributed by atoms with E-state index in [0.29, 0.717) is 4.80 Å². The molecular weight excluding hydrogens is 280 g/mol. The fourth-order valence-corrected chi connectivity index (χ4v) is 3.35. The smallest absolute Gasteiger partial charge is 0.182 e. The molecule has 1 aromatic heterocycles. The van der Waals surface area contributed by atoms with Gasteiger partial charge in [-0.05, 0) is 35.4 Å². The van der Waals surface area contributed by atoms with Crippen molar-refractivity contribution < 1.29 is 4.74 Å². The van der Waals surface area contributed by atoms with Gasteiger partial charge in [0.2, 0.25) is 0 Å². The van der Waals surface area contributed by atoms with E-state index < -0.39 is 0 Å². The van der Waals surface area contributed by atoms with Crippen LogP contribution in [0.5, 0.6) is 5.75 Å². The normalized spacial score (nSPS) is 10.6. The van der Waals surface area contributed by atoms with Gasteiger partial charge < -0.3 is 9.30 Å². The molecule has 2 aromatic carbocycles. The van der Waals surface area contributed by atoms with Crippen LogP contribution in [-0.2, 0) is 7.05 Å². The minimum atomic E-state index is 0.541. The maximum atomic E-state index is 8.12. The quantitative estimate of drug-likeness (QED) is 0.782. The molecule has 0 spiro atoms. The maximum Gasteiger partial charge on any atom is 0.182 e. The van der Waals surface area contributed by atoms with Crippen LogP contribution in [0.4, 0.5) is 0 Å². The fraction of sp³-hybridized carbons (Fsp3) is 0.118. The molecule has 21 heavy (non-hydrogen) atoms. The van der Waals surface area contributed by atoms with Crippen LogP contribution in [0.25, 0.3) is 21.7 Å². The first-order chi connectivity index (χ1) is 10.2. The van der Waals surface area contributed by atoms with Gasteiger partial charge in [0, 0.05) is 7.05 Å². The van der Waals surface area contributed by atoms with Crippen molar-refractivity contribution in [3.8, 4) is 27.4 Å². The lowest BCUT2D eigenvalue weighted by Gasteiger charge is -2.08. The average Bonchev–Trinajstić information content (AvgIpc) is 2.84. The summed E-state index contributed by atoms with van der Waals surface area (Å²) >= 11 is 1.50. The van der Waals surface area contributed by atoms with E-state index in [2.05, 4.69) is 12.1 Å². The van der Waals surface area contributed by atoms with Crippen LogP contribution in [0, 0.1) is 5.41 Å². The number of hydrogen-bond donors (Lipinski definition) is 1. The van der Waals surface area contributed by atoms with E-state index in [0.717, 1.165) is 27.4 Å². The van der Waals surface area contributed by atoms with Crippen molar-refractivity contribution in [2.75, 3.05) is 7.11 Å². The van der Waals surface area contributed by atoms with E-state index in [9.17, 15) is 0 Å². The summed E-state index contributed by atoms with van der Waals surface area (Å²) in [7, 11) is 3.60. The Balaban J connectivity index is 2.19. The molecule has 0 aliphatic carbocycles. The highest BCUT2D eigenvalue weighted by atomic mass is 32.1. The van der Waals surface area contributed by atoms with Gasteiger partial charge in [0.25, 0.3) is 0 Å². The molecule has 4 heteroatoms. The van der Waals surface area contributed by atoms with Gasteiger partial charge in [0.15, 0.2) is 4.80 Å². The van der Waals surface area contributed by atoms with Crippen LogP contribution in [0.15, 0.2) is 54.6 Å². The summed E-state index contributed by atoms with van der Waals surface area (Å²) in [6.45, 7) is 0. The molecule has 3 rings (SSSR count). The molecule has 0 saturated carbocycles. The SMILES string of the molecule is COc1ccc(-c2c(-c3ccccc3)sc(=N)n2C)cc1. The third-order valence-electron chi connectivity index (χ3n) is 3.45. The largest absolute Gasteiger partial charge is 0.497 e. The van der Waals surface area contributed by atoms with Crippen LogP contribution in [0.2, 0.25) is 0 Å². The molecule has 0 bridgehead atoms. The Morgan fingerprint density at radius 3 is 2.24 bits per heavy atom. The zero-order valence-corrected chi connectivity index (χ0v) is 12.8. The number of rotatable bonds is 3. The van der Waals surface area contributed by atoms with Crippen molar-refractivity contribution in [3.63, 3.8) is 0 Å². The van der Waals surface area contributed by atoms with Gasteiger partial charge >= 0.3 is 0 Å². The Morgan fingerprint density at radius 1 is 0.952 bits per heavy atom. The Labute approximate surface area is 127 Å². The van der Waals surface area contributed by atoms with E-state index >= 15 is 0 Å². The Bertz CT molecular complexity index is 801. The third kappa shape index (κ3) is 2.50. The van der Waals surface area contributed by atoms with Crippen molar-refractivity contribution in [3.05, 3.63) is 59.4 Å². The standard InChI is InChI=1S/C17H16N2OS/c1-19-15(12-8-10-14(20-2)11-9-12)16(21-17(19)18)13-6-4-3-5-7-13/h3-11,18H,1-2H3. The van der Waals surface area contributed by atoms with Crippen molar-refractivity contribution >= 4 is 11.3 Å². The summed E-state index contributed by atoms with van der Waals surface area (Å²) in [5.41, 5.74) is 3.30. The van der Waals surface area contributed by atoms with Gasteiger partial charge in [-0.2, -0.15) is 0 Å². The first-order valence-corrected chi connectivity index (χ1v) is 7.46. The summed E-state index contributed by atoms with van der Waals surface area (Å²) in [5.74, 6) is 0.837. The summed E-state index contributed by atoms with van der Waals surface area (Å²) in [5, 5.41) is 8.12. The van der Waals surface area contributed by atoms with Crippen molar-refractivity contribution in [1.29, 1.82) is 5.41 Å². The van der Waals surface area contributed by atoms with Gasteiger partial charge in [-0.3, -0.25) is 5.41 Å². The minimum Gasteiger partial charge on any atom is -0.497 e. The number of thiazole rings is 1. The predicted octanol–water partition coefficient (Wildman–Crippen LogP) is 3.91. The van der Waals surface area contributed by atoms with Crippen molar-refractivity contribution in [2.24, 2.45) is 7.05 Å². The van der Waals surface area contributed by atoms with Crippen LogP contribution >= 0.6 is 11.3 Å². The number of hydrogen-bond acceptors (Lipinski definition) is 3. The lowest BCUT2D eigenvalue weighted by molar-refractivity contribution is 0.415. The predicted molar refractivity (Wildman–Crippen MR) is 86.6 cm³/mol. The Hall–Kier alpha value is -2.33. The zero-order chi connectivity index (χ0) is 14.8. The Kier molecular flexibility index (Phi) is 3.62. The van der Waals surface area contributed by atoms with Gasteiger partial charge in [-0.15, -0.1) is 0 Å². The summed E-state index contributed by atoms with van der Waals surface area (Å²) in [6.07, 6.45) is 0. The van der Waals surface area contributed by atoms with E-state index in [-0.39, 0.29) is 0 Å². The van der Waals surface area contributed by atoms with Crippen LogP contribution in [0.1, 0.15) is 0 Å². The number of nitrogens with zero attached hydrogens (tertiary/aromatic N) is 1. The van der Waals surface area contributed by atoms with Crippen LogP contribution < -0.4 is 9.54 Å². The molecule has 0 fully saturated rings. The molecule has 106 valence electrons. The number of methoxy groups -OCH3 is 1. The molecule has 0 aliphatic heterocycles. The van der Waals surface area contributed by atoms with Gasteiger partial charge in [-0.1, -0.05) is 41.7 Å². The third-order valence-corrected chi connectivity index (χ3v) is 4.55. The fourth-order valence-electron chi connectivity index (χ4n) is 2.33. The molecule has 0 radical (unpaired) electrons. The highest BCUT2D eigenvalue weighted by molar-refractivity contribution is 7.13. The van der Waals surface area contributed by atoms with Crippen LogP contribution in [0.3, 0.4) is 0 Å². The van der Waals surface area contributed by atoms with E-state index in [4.69, 9.17) is 10.1 Å². The second kappa shape index (κ2) is 5.58. The van der Waals surface area contributed by atoms with E-state index in [1.807, 2.05) is 54.1 Å². The molecule has 1 heterocycles. The molecular formula is C17H16N2OS. The Morgan fingerprint density at radius 2 is 1.62 bits per heavy atom. The zero-order valence-electron chi connectivity index (χ0n) is 12.0. The monoisotopic (exact) mass is 296 g/mol. The molecule has 1 N–H and O–H groups in total. The summed E-state index contributed by atoms with van der Waals surface area (Å²) < 4.78 is 7.14. The van der Waals surface area contributed by atoms with Gasteiger partial charge in [-0.25, -0.2) is 0 Å². The highest BCUT2D eigenvalue weighted by Gasteiger charge is 2.14. The number of benzene rings is 2. The molecule has 0 amide bonds. The second-order valence-corrected chi connectivity index (χ2v) is 5.74. The van der Waals surface area contributed by atoms with Crippen molar-refractivity contribution in [2.45, 2.75) is 0 Å². The lowest BCUT2D eigenvalue weighted by Crippen LogP contribution is -2.08. The highest BCUT2D eigenvalue weighted by Crippen LogP contribution is 2.34. The first kappa shape index (κ1) is 13.6. The van der Waals surface area contributed by atoms with Gasteiger partial charge in [0.1, 0.15) is 5.75 Å². The van der Waals surface area contributed by atoms with E-state index in [1.165, 1.54) is 11.3 Å². The summed E-state index contributed by atoms with van der Waals surface area (Å²) in [6, 6.07) is 18.2. The van der Waals surface area contributed by atoms with Crippen LogP contribution in [-0.4, -0.2) is 11.7 Å². The maximum absolute atomic E-state index is 8.12. The molecule has 0 saturated heterocycles. The molecule has 0 atom stereocenters. The minimum absolute atomic E-state index is 0.541. The van der Waals surface area contributed by atoms with Crippen molar-refractivity contribution in [1.82, 2.24) is 4.57 Å². The lowest BCUT2D eigenvalue weighted by atomic mass is 10.1. The molecule has 3 nitrogen and oxygen atoms in total. The molecule has 0 aliphatic rings. The molecule has 0 unspecified atom stereocenters. The molecule has 3 aromatic rings.